The molecule has 2 aliphatic carbocycles. The van der Waals surface area contributed by atoms with Gasteiger partial charge in [0.15, 0.2) is 0 Å². The van der Waals surface area contributed by atoms with Crippen LogP contribution in [0.25, 0.3) is 0 Å². The van der Waals surface area contributed by atoms with Gasteiger partial charge in [-0.15, -0.1) is 0 Å². The molecule has 0 nitrogen and oxygen atoms in total. The van der Waals surface area contributed by atoms with Crippen LogP contribution in [0.2, 0.25) is 0 Å². The zero-order valence-corrected chi connectivity index (χ0v) is 26.5. The van der Waals surface area contributed by atoms with Crippen molar-refractivity contribution in [3.8, 4) is 23.7 Å². The number of hydrogen-bond donors (Lipinski definition) is 0. The Morgan fingerprint density at radius 1 is 0.511 bits per heavy atom. The Labute approximate surface area is 270 Å². The van der Waals surface area contributed by atoms with Crippen LogP contribution in [0.3, 0.4) is 0 Å². The van der Waals surface area contributed by atoms with Crippen molar-refractivity contribution in [1.82, 2.24) is 0 Å². The van der Waals surface area contributed by atoms with Gasteiger partial charge in [0.25, 0.3) is 0 Å². The Hall–Kier alpha value is -3.14. The first-order valence-electron chi connectivity index (χ1n) is 16.1. The second-order valence-corrected chi connectivity index (χ2v) is 12.5. The molecule has 47 heavy (non-hydrogen) atoms. The van der Waals surface area contributed by atoms with Gasteiger partial charge >= 0.3 is 24.2 Å². The first-order chi connectivity index (χ1) is 22.0. The smallest absolute Gasteiger partial charge is 0.191 e. The Balaban J connectivity index is 0.000000256. The summed E-state index contributed by atoms with van der Waals surface area (Å²) < 4.78 is 127. The molecule has 0 unspecified atom stereocenters. The van der Waals surface area contributed by atoms with E-state index in [1.807, 2.05) is 0 Å². The fourth-order valence-electron chi connectivity index (χ4n) is 5.94. The van der Waals surface area contributed by atoms with Crippen molar-refractivity contribution < 1.29 is 43.9 Å². The average molecular weight is 675 g/mol. The normalized spacial score (nSPS) is 22.1. The van der Waals surface area contributed by atoms with Gasteiger partial charge in [0, 0.05) is 34.1 Å². The zero-order chi connectivity index (χ0) is 34.9. The van der Waals surface area contributed by atoms with Crippen LogP contribution in [0.4, 0.5) is 43.9 Å². The molecule has 0 spiro atoms. The lowest BCUT2D eigenvalue weighted by Crippen LogP contribution is -2.33. The van der Waals surface area contributed by atoms with Crippen LogP contribution in [0.5, 0.6) is 0 Å². The molecule has 0 aliphatic heterocycles. The van der Waals surface area contributed by atoms with Gasteiger partial charge in [-0.3, -0.25) is 0 Å². The summed E-state index contributed by atoms with van der Waals surface area (Å²) >= 11 is 0. The first kappa shape index (κ1) is 38.3. The van der Waals surface area contributed by atoms with Gasteiger partial charge in [-0.2, -0.15) is 43.9 Å². The molecule has 2 saturated carbocycles. The van der Waals surface area contributed by atoms with E-state index < -0.39 is 35.3 Å². The van der Waals surface area contributed by atoms with Gasteiger partial charge in [-0.25, -0.2) is 0 Å². The van der Waals surface area contributed by atoms with Crippen LogP contribution >= 0.6 is 0 Å². The monoisotopic (exact) mass is 674 g/mol. The second-order valence-electron chi connectivity index (χ2n) is 12.5. The van der Waals surface area contributed by atoms with Crippen molar-refractivity contribution in [3.05, 3.63) is 70.8 Å². The lowest BCUT2D eigenvalue weighted by Gasteiger charge is -2.25. The van der Waals surface area contributed by atoms with E-state index in [2.05, 4.69) is 37.5 Å². The summed E-state index contributed by atoms with van der Waals surface area (Å²) in [5.41, 5.74) is -1.18. The first-order valence-corrected chi connectivity index (χ1v) is 16.1. The number of rotatable bonds is 5. The van der Waals surface area contributed by atoms with E-state index >= 15 is 0 Å². The van der Waals surface area contributed by atoms with Crippen molar-refractivity contribution in [2.45, 2.75) is 109 Å². The van der Waals surface area contributed by atoms with E-state index in [1.54, 1.807) is 0 Å². The predicted octanol–water partition coefficient (Wildman–Crippen LogP) is 12.2. The van der Waals surface area contributed by atoms with Crippen LogP contribution in [0.15, 0.2) is 48.5 Å². The highest BCUT2D eigenvalue weighted by atomic mass is 19.4. The lowest BCUT2D eigenvalue weighted by atomic mass is 9.80. The summed E-state index contributed by atoms with van der Waals surface area (Å²) in [5.74, 6) is 4.47. The zero-order valence-electron chi connectivity index (χ0n) is 26.5. The Morgan fingerprint density at radius 3 is 1.15 bits per heavy atom. The van der Waals surface area contributed by atoms with E-state index in [9.17, 15) is 43.9 Å². The fraction of sp³-hybridized carbons (Fsp3) is 0.568. The highest BCUT2D eigenvalue weighted by Gasteiger charge is 2.59. The Bertz CT molecular complexity index is 1360. The molecule has 258 valence electrons. The molecule has 0 atom stereocenters. The minimum Gasteiger partial charge on any atom is -0.191 e. The van der Waals surface area contributed by atoms with Crippen LogP contribution in [0.1, 0.15) is 107 Å². The molecule has 0 bridgehead atoms. The minimum atomic E-state index is -5.59. The quantitative estimate of drug-likeness (QED) is 0.219. The third-order valence-electron chi connectivity index (χ3n) is 9.02. The molecule has 0 radical (unpaired) electrons. The molecule has 10 heteroatoms. The van der Waals surface area contributed by atoms with Gasteiger partial charge in [-0.1, -0.05) is 81.1 Å². The maximum absolute atomic E-state index is 13.2. The molecule has 4 rings (SSSR count). The maximum Gasteiger partial charge on any atom is 0.458 e. The topological polar surface area (TPSA) is 0 Å². The number of halogens is 10. The molecule has 2 aromatic rings. The molecule has 2 fully saturated rings. The molecule has 0 amide bonds. The highest BCUT2D eigenvalue weighted by molar-refractivity contribution is 5.39. The molecule has 2 aliphatic rings. The average Bonchev–Trinajstić information content (AvgIpc) is 3.03. The summed E-state index contributed by atoms with van der Waals surface area (Å²) in [5, 5.41) is 0. The van der Waals surface area contributed by atoms with Gasteiger partial charge in [0.05, 0.1) is 0 Å². The largest absolute Gasteiger partial charge is 0.458 e. The minimum absolute atomic E-state index is 0.286. The summed E-state index contributed by atoms with van der Waals surface area (Å²) in [7, 11) is 0. The third-order valence-corrected chi connectivity index (χ3v) is 9.02. The van der Waals surface area contributed by atoms with E-state index in [-0.39, 0.29) is 11.8 Å². The standard InChI is InChI=1S/C19H21F5.C18H19F5/c1-2-3-14-4-6-15(7-5-14)8-9-16-10-12-17(13-11-16)18(20,21)19(22,23)24;1-2-13-3-5-14(6-4-13)7-8-15-9-11-16(12-10-15)17(19,20)18(21,22)23/h10-15H,2-7H2,1H3;9-14H,2-6H2,1H3/t14-,15-;13-,14-. The molecular formula is C37H40F10. The molecule has 0 saturated heterocycles. The molecule has 0 N–H and O–H groups in total. The van der Waals surface area contributed by atoms with Gasteiger partial charge in [-0.05, 0) is 87.5 Å². The van der Waals surface area contributed by atoms with Crippen molar-refractivity contribution in [2.75, 3.05) is 0 Å². The summed E-state index contributed by atoms with van der Waals surface area (Å²) in [6, 6.07) is 8.09. The summed E-state index contributed by atoms with van der Waals surface area (Å²) in [6.45, 7) is 4.35. The molecule has 0 aromatic heterocycles. The van der Waals surface area contributed by atoms with Crippen molar-refractivity contribution >= 4 is 0 Å². The predicted molar refractivity (Wildman–Crippen MR) is 163 cm³/mol. The number of hydrogen-bond acceptors (Lipinski definition) is 0. The van der Waals surface area contributed by atoms with Crippen LogP contribution in [-0.2, 0) is 11.8 Å². The number of alkyl halides is 10. The summed E-state index contributed by atoms with van der Waals surface area (Å²) in [4.78, 5) is 0. The lowest BCUT2D eigenvalue weighted by molar-refractivity contribution is -0.289. The van der Waals surface area contributed by atoms with Crippen molar-refractivity contribution in [1.29, 1.82) is 0 Å². The molecule has 2 aromatic carbocycles. The van der Waals surface area contributed by atoms with Gasteiger partial charge in [0.2, 0.25) is 0 Å². The van der Waals surface area contributed by atoms with E-state index in [4.69, 9.17) is 0 Å². The van der Waals surface area contributed by atoms with Crippen LogP contribution < -0.4 is 0 Å². The summed E-state index contributed by atoms with van der Waals surface area (Å²) in [6.07, 6.45) is 1.15. The Kier molecular flexibility index (Phi) is 13.3. The second kappa shape index (κ2) is 16.3. The number of benzene rings is 2. The third kappa shape index (κ3) is 10.7. The van der Waals surface area contributed by atoms with Gasteiger partial charge < -0.3 is 0 Å². The van der Waals surface area contributed by atoms with Crippen LogP contribution in [0, 0.1) is 47.4 Å². The van der Waals surface area contributed by atoms with E-state index in [0.717, 1.165) is 87.5 Å². The maximum atomic E-state index is 13.2. The highest BCUT2D eigenvalue weighted by Crippen LogP contribution is 2.44. The Morgan fingerprint density at radius 2 is 0.851 bits per heavy atom. The molecular weight excluding hydrogens is 634 g/mol. The fourth-order valence-corrected chi connectivity index (χ4v) is 5.94. The van der Waals surface area contributed by atoms with E-state index in [0.29, 0.717) is 11.1 Å². The molecule has 0 heterocycles. The van der Waals surface area contributed by atoms with Crippen molar-refractivity contribution in [2.24, 2.45) is 23.7 Å². The van der Waals surface area contributed by atoms with Crippen LogP contribution in [-0.4, -0.2) is 12.4 Å². The van der Waals surface area contributed by atoms with Crippen molar-refractivity contribution in [3.63, 3.8) is 0 Å². The van der Waals surface area contributed by atoms with Gasteiger partial charge in [0.1, 0.15) is 0 Å². The SMILES string of the molecule is CCC[C@H]1CC[C@H](C#Cc2ccc(C(F)(F)C(F)(F)F)cc2)CC1.CC[C@H]1CC[C@H](C#Cc2ccc(C(F)(F)C(F)(F)F)cc2)CC1. The van der Waals surface area contributed by atoms with E-state index in [1.165, 1.54) is 43.5 Å².